The molecular formula is C23H36N2O4. The second-order valence-corrected chi connectivity index (χ2v) is 10.5. The zero-order chi connectivity index (χ0) is 20.4. The van der Waals surface area contributed by atoms with Crippen LogP contribution in [0.5, 0.6) is 0 Å². The monoisotopic (exact) mass is 404 g/mol. The lowest BCUT2D eigenvalue weighted by Gasteiger charge is -2.56. The molecule has 6 nitrogen and oxygen atoms in total. The number of amides is 2. The molecule has 162 valence electrons. The smallest absolute Gasteiger partial charge is 0.325 e. The minimum Gasteiger partial charge on any atom is -0.454 e. The van der Waals surface area contributed by atoms with Gasteiger partial charge in [-0.25, -0.2) is 0 Å². The van der Waals surface area contributed by atoms with E-state index < -0.39 is 5.97 Å². The molecule has 0 unspecified atom stereocenters. The molecule has 6 heteroatoms. The Hall–Kier alpha value is -1.59. The fraction of sp³-hybridized carbons (Fsp3) is 0.870. The maximum atomic E-state index is 12.5. The molecule has 0 aliphatic heterocycles. The number of hydrogen-bond acceptors (Lipinski definition) is 4. The minimum absolute atomic E-state index is 0.0515. The Morgan fingerprint density at radius 3 is 2.17 bits per heavy atom. The second kappa shape index (κ2) is 8.65. The lowest BCUT2D eigenvalue weighted by molar-refractivity contribution is -0.149. The first-order valence-electron chi connectivity index (χ1n) is 11.6. The van der Waals surface area contributed by atoms with Gasteiger partial charge in [0.15, 0.2) is 6.61 Å². The van der Waals surface area contributed by atoms with Crippen molar-refractivity contribution in [3.63, 3.8) is 0 Å². The van der Waals surface area contributed by atoms with Gasteiger partial charge in [-0.15, -0.1) is 0 Å². The third kappa shape index (κ3) is 5.13. The maximum absolute atomic E-state index is 12.5. The molecule has 0 aromatic heterocycles. The van der Waals surface area contributed by atoms with Crippen molar-refractivity contribution >= 4 is 17.8 Å². The van der Waals surface area contributed by atoms with E-state index in [0.29, 0.717) is 12.3 Å². The summed E-state index contributed by atoms with van der Waals surface area (Å²) < 4.78 is 5.06. The highest BCUT2D eigenvalue weighted by molar-refractivity contribution is 5.84. The van der Waals surface area contributed by atoms with Crippen LogP contribution in [0.1, 0.15) is 77.6 Å². The molecular weight excluding hydrogens is 368 g/mol. The van der Waals surface area contributed by atoms with Gasteiger partial charge in [0, 0.05) is 12.5 Å². The lowest BCUT2D eigenvalue weighted by atomic mass is 9.49. The van der Waals surface area contributed by atoms with E-state index in [9.17, 15) is 14.4 Å². The predicted molar refractivity (Wildman–Crippen MR) is 109 cm³/mol. The zero-order valence-corrected chi connectivity index (χ0v) is 17.7. The van der Waals surface area contributed by atoms with Gasteiger partial charge in [-0.3, -0.25) is 14.4 Å². The molecule has 0 radical (unpaired) electrons. The Bertz CT molecular complexity index is 612. The van der Waals surface area contributed by atoms with Crippen LogP contribution in [0.25, 0.3) is 0 Å². The Balaban J connectivity index is 1.14. The van der Waals surface area contributed by atoms with Crippen LogP contribution in [-0.4, -0.2) is 37.0 Å². The van der Waals surface area contributed by atoms with Crippen LogP contribution in [0, 0.1) is 29.1 Å². The standard InChI is InChI=1S/C23H36N2O4/c1-15-4-2-3-5-19(15)25-21(27)14-29-22(28)13-24-20(26)12-23-9-16-6-17(10-23)8-18(7-16)11-23/h15-19H,2-14H2,1H3,(H,24,26)(H,25,27)/t15-,16?,17?,18?,19-,23?/m1/s1. The summed E-state index contributed by atoms with van der Waals surface area (Å²) in [6, 6.07) is 0.176. The molecule has 5 rings (SSSR count). The van der Waals surface area contributed by atoms with Crippen molar-refractivity contribution in [1.82, 2.24) is 10.6 Å². The van der Waals surface area contributed by atoms with Gasteiger partial charge in [0.2, 0.25) is 5.91 Å². The van der Waals surface area contributed by atoms with Crippen molar-refractivity contribution in [2.75, 3.05) is 13.2 Å². The molecule has 5 saturated carbocycles. The summed E-state index contributed by atoms with van der Waals surface area (Å²) >= 11 is 0. The van der Waals surface area contributed by atoms with Crippen molar-refractivity contribution in [2.45, 2.75) is 83.6 Å². The van der Waals surface area contributed by atoms with Crippen molar-refractivity contribution in [2.24, 2.45) is 29.1 Å². The van der Waals surface area contributed by atoms with Crippen molar-refractivity contribution < 1.29 is 19.1 Å². The third-order valence-electron chi connectivity index (χ3n) is 7.95. The summed E-state index contributed by atoms with van der Waals surface area (Å²) in [5.41, 5.74) is 0.166. The van der Waals surface area contributed by atoms with Gasteiger partial charge in [-0.2, -0.15) is 0 Å². The fourth-order valence-corrected chi connectivity index (χ4v) is 7.06. The van der Waals surface area contributed by atoms with Gasteiger partial charge < -0.3 is 15.4 Å². The molecule has 0 saturated heterocycles. The van der Waals surface area contributed by atoms with E-state index in [1.807, 2.05) is 0 Å². The molecule has 2 N–H and O–H groups in total. The summed E-state index contributed by atoms with van der Waals surface area (Å²) in [4.78, 5) is 36.5. The van der Waals surface area contributed by atoms with Gasteiger partial charge in [-0.1, -0.05) is 19.8 Å². The highest BCUT2D eigenvalue weighted by Crippen LogP contribution is 2.61. The zero-order valence-electron chi connectivity index (χ0n) is 17.7. The van der Waals surface area contributed by atoms with E-state index in [4.69, 9.17) is 4.74 Å². The van der Waals surface area contributed by atoms with Crippen molar-refractivity contribution in [3.05, 3.63) is 0 Å². The number of ether oxygens (including phenoxy) is 1. The summed E-state index contributed by atoms with van der Waals surface area (Å²) in [6.07, 6.45) is 12.6. The van der Waals surface area contributed by atoms with E-state index in [-0.39, 0.29) is 36.4 Å². The number of nitrogens with one attached hydrogen (secondary N) is 2. The van der Waals surface area contributed by atoms with Gasteiger partial charge in [0.1, 0.15) is 6.54 Å². The molecule has 2 amide bonds. The highest BCUT2D eigenvalue weighted by Gasteiger charge is 2.51. The average molecular weight is 405 g/mol. The molecule has 0 aromatic rings. The Morgan fingerprint density at radius 1 is 0.931 bits per heavy atom. The lowest BCUT2D eigenvalue weighted by Crippen LogP contribution is -2.48. The van der Waals surface area contributed by atoms with E-state index in [0.717, 1.165) is 37.0 Å². The van der Waals surface area contributed by atoms with E-state index in [2.05, 4.69) is 17.6 Å². The quantitative estimate of drug-likeness (QED) is 0.639. The van der Waals surface area contributed by atoms with E-state index >= 15 is 0 Å². The number of esters is 1. The van der Waals surface area contributed by atoms with Crippen LogP contribution in [0.15, 0.2) is 0 Å². The van der Waals surface area contributed by atoms with E-state index in [1.54, 1.807) is 0 Å². The summed E-state index contributed by atoms with van der Waals surface area (Å²) in [6.45, 7) is 1.72. The average Bonchev–Trinajstić information content (AvgIpc) is 2.65. The first-order valence-corrected chi connectivity index (χ1v) is 11.6. The Morgan fingerprint density at radius 2 is 1.55 bits per heavy atom. The number of hydrogen-bond donors (Lipinski definition) is 2. The first kappa shape index (κ1) is 20.7. The number of carbonyl (C=O) groups is 3. The number of rotatable bonds is 7. The van der Waals surface area contributed by atoms with Crippen LogP contribution in [-0.2, 0) is 19.1 Å². The van der Waals surface area contributed by atoms with Crippen LogP contribution in [0.4, 0.5) is 0 Å². The minimum atomic E-state index is -0.546. The van der Waals surface area contributed by atoms with Crippen LogP contribution >= 0.6 is 0 Å². The molecule has 29 heavy (non-hydrogen) atoms. The highest BCUT2D eigenvalue weighted by atomic mass is 16.5. The third-order valence-corrected chi connectivity index (χ3v) is 7.95. The number of carbonyl (C=O) groups excluding carboxylic acids is 3. The topological polar surface area (TPSA) is 84.5 Å². The molecule has 2 atom stereocenters. The second-order valence-electron chi connectivity index (χ2n) is 10.5. The SMILES string of the molecule is C[C@@H]1CCCC[C@H]1NC(=O)COC(=O)CNC(=O)CC12CC3CC(CC(C3)C1)C2. The predicted octanol–water partition coefficient (Wildman–Crippen LogP) is 2.95. The summed E-state index contributed by atoms with van der Waals surface area (Å²) in [5, 5.41) is 5.70. The van der Waals surface area contributed by atoms with Gasteiger partial charge in [-0.05, 0) is 80.5 Å². The maximum Gasteiger partial charge on any atom is 0.325 e. The molecule has 0 heterocycles. The van der Waals surface area contributed by atoms with Crippen LogP contribution in [0.2, 0.25) is 0 Å². The molecule has 0 spiro atoms. The normalized spacial score (nSPS) is 37.8. The molecule has 5 aliphatic carbocycles. The summed E-state index contributed by atoms with van der Waals surface area (Å²) in [7, 11) is 0. The summed E-state index contributed by atoms with van der Waals surface area (Å²) in [5.74, 6) is 2.04. The van der Waals surface area contributed by atoms with Crippen LogP contribution < -0.4 is 10.6 Å². The van der Waals surface area contributed by atoms with Crippen molar-refractivity contribution in [3.8, 4) is 0 Å². The van der Waals surface area contributed by atoms with E-state index in [1.165, 1.54) is 44.9 Å². The largest absolute Gasteiger partial charge is 0.454 e. The Kier molecular flexibility index (Phi) is 6.16. The van der Waals surface area contributed by atoms with Crippen molar-refractivity contribution in [1.29, 1.82) is 0 Å². The Labute approximate surface area is 173 Å². The van der Waals surface area contributed by atoms with Crippen LogP contribution in [0.3, 0.4) is 0 Å². The van der Waals surface area contributed by atoms with Gasteiger partial charge in [0.05, 0.1) is 0 Å². The fourth-order valence-electron chi connectivity index (χ4n) is 7.06. The van der Waals surface area contributed by atoms with Gasteiger partial charge >= 0.3 is 5.97 Å². The molecule has 4 bridgehead atoms. The first-order chi connectivity index (χ1) is 13.9. The molecule has 0 aromatic carbocycles. The van der Waals surface area contributed by atoms with Gasteiger partial charge in [0.25, 0.3) is 5.91 Å². The molecule has 5 fully saturated rings. The molecule has 5 aliphatic rings.